The standard InChI is InChI=1S/C17H24N2O4/c1-11(2)15(18-12(3)20)16(21)19-14(17(22)23-4)10-13-8-6-5-7-9-13/h5-9,11,14-15H,10H2,1-4H3,(H,18,20)(H,19,21)/t14-,15-/m0/s1. The van der Waals surface area contributed by atoms with Crippen LogP contribution in [-0.2, 0) is 25.5 Å². The lowest BCUT2D eigenvalue weighted by molar-refractivity contribution is -0.145. The van der Waals surface area contributed by atoms with Gasteiger partial charge in [-0.05, 0) is 11.5 Å². The van der Waals surface area contributed by atoms with E-state index < -0.39 is 24.0 Å². The quantitative estimate of drug-likeness (QED) is 0.736. The van der Waals surface area contributed by atoms with Crippen molar-refractivity contribution in [2.45, 2.75) is 39.3 Å². The molecule has 0 spiro atoms. The van der Waals surface area contributed by atoms with Crippen molar-refractivity contribution in [3.05, 3.63) is 35.9 Å². The fourth-order valence-corrected chi connectivity index (χ4v) is 2.20. The second kappa shape index (κ2) is 8.92. The molecule has 6 heteroatoms. The Bertz CT molecular complexity index is 543. The minimum absolute atomic E-state index is 0.103. The van der Waals surface area contributed by atoms with Crippen LogP contribution in [0.2, 0.25) is 0 Å². The minimum atomic E-state index is -0.801. The molecule has 23 heavy (non-hydrogen) atoms. The number of rotatable bonds is 7. The van der Waals surface area contributed by atoms with Gasteiger partial charge in [0.05, 0.1) is 7.11 Å². The molecule has 1 aromatic rings. The van der Waals surface area contributed by atoms with Gasteiger partial charge in [0.15, 0.2) is 0 Å². The molecule has 0 saturated carbocycles. The number of carbonyl (C=O) groups is 3. The third-order valence-corrected chi connectivity index (χ3v) is 3.39. The van der Waals surface area contributed by atoms with Gasteiger partial charge in [-0.15, -0.1) is 0 Å². The Labute approximate surface area is 136 Å². The van der Waals surface area contributed by atoms with Gasteiger partial charge in [-0.3, -0.25) is 9.59 Å². The average molecular weight is 320 g/mol. The van der Waals surface area contributed by atoms with Crippen molar-refractivity contribution < 1.29 is 19.1 Å². The summed E-state index contributed by atoms with van der Waals surface area (Å²) in [7, 11) is 1.28. The first-order valence-electron chi connectivity index (χ1n) is 7.54. The number of nitrogens with one attached hydrogen (secondary N) is 2. The molecule has 126 valence electrons. The number of esters is 1. The fraction of sp³-hybridized carbons (Fsp3) is 0.471. The van der Waals surface area contributed by atoms with E-state index >= 15 is 0 Å². The highest BCUT2D eigenvalue weighted by Crippen LogP contribution is 2.07. The van der Waals surface area contributed by atoms with Gasteiger partial charge in [0, 0.05) is 13.3 Å². The SMILES string of the molecule is COC(=O)[C@H](Cc1ccccc1)NC(=O)[C@@H](NC(C)=O)C(C)C. The number of ether oxygens (including phenoxy) is 1. The maximum absolute atomic E-state index is 12.4. The summed E-state index contributed by atoms with van der Waals surface area (Å²) < 4.78 is 4.77. The molecule has 0 bridgehead atoms. The summed E-state index contributed by atoms with van der Waals surface area (Å²) in [6.07, 6.45) is 0.324. The molecule has 0 heterocycles. The smallest absolute Gasteiger partial charge is 0.328 e. The van der Waals surface area contributed by atoms with Crippen molar-refractivity contribution in [3.8, 4) is 0 Å². The molecule has 0 unspecified atom stereocenters. The Kier molecular flexibility index (Phi) is 7.25. The first kappa shape index (κ1) is 18.7. The predicted molar refractivity (Wildman–Crippen MR) is 86.5 cm³/mol. The maximum atomic E-state index is 12.4. The lowest BCUT2D eigenvalue weighted by Gasteiger charge is -2.24. The number of carbonyl (C=O) groups excluding carboxylic acids is 3. The Hall–Kier alpha value is -2.37. The summed E-state index contributed by atoms with van der Waals surface area (Å²) in [5.41, 5.74) is 0.906. The second-order valence-corrected chi connectivity index (χ2v) is 5.70. The molecule has 2 amide bonds. The van der Waals surface area contributed by atoms with Crippen molar-refractivity contribution in [2.24, 2.45) is 5.92 Å². The van der Waals surface area contributed by atoms with Gasteiger partial charge in [0.2, 0.25) is 11.8 Å². The van der Waals surface area contributed by atoms with Gasteiger partial charge in [-0.1, -0.05) is 44.2 Å². The second-order valence-electron chi connectivity index (χ2n) is 5.70. The molecule has 2 atom stereocenters. The van der Waals surface area contributed by atoms with Crippen molar-refractivity contribution >= 4 is 17.8 Å². The topological polar surface area (TPSA) is 84.5 Å². The van der Waals surface area contributed by atoms with Crippen LogP contribution in [0.4, 0.5) is 0 Å². The summed E-state index contributed by atoms with van der Waals surface area (Å²) in [5.74, 6) is -1.32. The number of amides is 2. The molecule has 0 aliphatic rings. The van der Waals surface area contributed by atoms with Crippen molar-refractivity contribution in [2.75, 3.05) is 7.11 Å². The number of hydrogen-bond donors (Lipinski definition) is 2. The van der Waals surface area contributed by atoms with Gasteiger partial charge < -0.3 is 15.4 Å². The van der Waals surface area contributed by atoms with Crippen LogP contribution in [0.5, 0.6) is 0 Å². The Morgan fingerprint density at radius 2 is 1.70 bits per heavy atom. The third kappa shape index (κ3) is 6.10. The molecule has 0 radical (unpaired) electrons. The van der Waals surface area contributed by atoms with Crippen LogP contribution in [0.3, 0.4) is 0 Å². The first-order chi connectivity index (χ1) is 10.8. The van der Waals surface area contributed by atoms with Crippen LogP contribution in [0, 0.1) is 5.92 Å². The van der Waals surface area contributed by atoms with E-state index in [-0.39, 0.29) is 11.8 Å². The highest BCUT2D eigenvalue weighted by Gasteiger charge is 2.28. The molecule has 1 rings (SSSR count). The molecule has 0 saturated heterocycles. The lowest BCUT2D eigenvalue weighted by Crippen LogP contribution is -2.54. The van der Waals surface area contributed by atoms with E-state index in [1.54, 1.807) is 0 Å². The van der Waals surface area contributed by atoms with E-state index in [9.17, 15) is 14.4 Å². The summed E-state index contributed by atoms with van der Waals surface area (Å²) in [6, 6.07) is 7.84. The Morgan fingerprint density at radius 1 is 1.09 bits per heavy atom. The van der Waals surface area contributed by atoms with E-state index in [4.69, 9.17) is 4.74 Å². The van der Waals surface area contributed by atoms with E-state index in [0.29, 0.717) is 6.42 Å². The Balaban J connectivity index is 2.85. The van der Waals surface area contributed by atoms with Crippen LogP contribution in [0.25, 0.3) is 0 Å². The van der Waals surface area contributed by atoms with Gasteiger partial charge in [-0.2, -0.15) is 0 Å². The summed E-state index contributed by atoms with van der Waals surface area (Å²) in [5, 5.41) is 5.28. The van der Waals surface area contributed by atoms with Crippen LogP contribution >= 0.6 is 0 Å². The van der Waals surface area contributed by atoms with E-state index in [0.717, 1.165) is 5.56 Å². The van der Waals surface area contributed by atoms with Crippen LogP contribution in [0.15, 0.2) is 30.3 Å². The number of methoxy groups -OCH3 is 1. The molecule has 0 fully saturated rings. The van der Waals surface area contributed by atoms with Gasteiger partial charge in [-0.25, -0.2) is 4.79 Å². The van der Waals surface area contributed by atoms with Gasteiger partial charge >= 0.3 is 5.97 Å². The zero-order chi connectivity index (χ0) is 17.4. The molecule has 0 aliphatic heterocycles. The summed E-state index contributed by atoms with van der Waals surface area (Å²) in [6.45, 7) is 5.00. The fourth-order valence-electron chi connectivity index (χ4n) is 2.20. The highest BCUT2D eigenvalue weighted by atomic mass is 16.5. The van der Waals surface area contributed by atoms with Crippen LogP contribution in [-0.4, -0.2) is 37.0 Å². The Morgan fingerprint density at radius 3 is 2.17 bits per heavy atom. The molecule has 2 N–H and O–H groups in total. The van der Waals surface area contributed by atoms with Gasteiger partial charge in [0.1, 0.15) is 12.1 Å². The van der Waals surface area contributed by atoms with E-state index in [1.165, 1.54) is 14.0 Å². The minimum Gasteiger partial charge on any atom is -0.467 e. The van der Waals surface area contributed by atoms with Crippen molar-refractivity contribution in [3.63, 3.8) is 0 Å². The molecular formula is C17H24N2O4. The molecular weight excluding hydrogens is 296 g/mol. The van der Waals surface area contributed by atoms with E-state index in [1.807, 2.05) is 44.2 Å². The maximum Gasteiger partial charge on any atom is 0.328 e. The molecule has 1 aromatic carbocycles. The largest absolute Gasteiger partial charge is 0.467 e. The zero-order valence-corrected chi connectivity index (χ0v) is 14.0. The first-order valence-corrected chi connectivity index (χ1v) is 7.54. The number of hydrogen-bond acceptors (Lipinski definition) is 4. The van der Waals surface area contributed by atoms with Gasteiger partial charge in [0.25, 0.3) is 0 Å². The summed E-state index contributed by atoms with van der Waals surface area (Å²) >= 11 is 0. The highest BCUT2D eigenvalue weighted by molar-refractivity contribution is 5.90. The normalized spacial score (nSPS) is 13.1. The number of benzene rings is 1. The zero-order valence-electron chi connectivity index (χ0n) is 14.0. The summed E-state index contributed by atoms with van der Waals surface area (Å²) in [4.78, 5) is 35.6. The van der Waals surface area contributed by atoms with E-state index in [2.05, 4.69) is 10.6 Å². The molecule has 0 aromatic heterocycles. The average Bonchev–Trinajstić information content (AvgIpc) is 2.51. The molecule has 6 nitrogen and oxygen atoms in total. The van der Waals surface area contributed by atoms with Crippen LogP contribution in [0.1, 0.15) is 26.3 Å². The van der Waals surface area contributed by atoms with Crippen molar-refractivity contribution in [1.29, 1.82) is 0 Å². The van der Waals surface area contributed by atoms with Crippen molar-refractivity contribution in [1.82, 2.24) is 10.6 Å². The third-order valence-electron chi connectivity index (χ3n) is 3.39. The predicted octanol–water partition coefficient (Wildman–Crippen LogP) is 1.05. The molecule has 0 aliphatic carbocycles. The lowest BCUT2D eigenvalue weighted by atomic mass is 10.0. The monoisotopic (exact) mass is 320 g/mol. The van der Waals surface area contributed by atoms with Crippen LogP contribution < -0.4 is 10.6 Å².